The Morgan fingerprint density at radius 1 is 1.17 bits per heavy atom. The minimum Gasteiger partial charge on any atom is -0.383 e. The minimum atomic E-state index is -0.928. The van der Waals surface area contributed by atoms with Crippen molar-refractivity contribution < 1.29 is 13.5 Å². The van der Waals surface area contributed by atoms with Crippen molar-refractivity contribution in [3.05, 3.63) is 60.2 Å². The van der Waals surface area contributed by atoms with Crippen LogP contribution < -0.4 is 4.90 Å². The topological polar surface area (TPSA) is 51.1 Å². The number of hydrogen-bond acceptors (Lipinski definition) is 5. The summed E-state index contributed by atoms with van der Waals surface area (Å²) in [5.41, 5.74) is 1.33. The van der Waals surface area contributed by atoms with Gasteiger partial charge in [-0.2, -0.15) is 0 Å². The fourth-order valence-electron chi connectivity index (χ4n) is 2.46. The van der Waals surface area contributed by atoms with E-state index in [1.54, 1.807) is 19.5 Å². The molecule has 0 saturated heterocycles. The average molecular weight is 330 g/mol. The Morgan fingerprint density at radius 3 is 2.75 bits per heavy atom. The van der Waals surface area contributed by atoms with Crippen LogP contribution in [0, 0.1) is 11.6 Å². The SMILES string of the molecule is COCCN(Cc1cccnc1)c1ncnc2cc(F)c(F)cc12. The second kappa shape index (κ2) is 7.27. The molecule has 1 aromatic carbocycles. The molecule has 0 N–H and O–H groups in total. The molecule has 0 saturated carbocycles. The van der Waals surface area contributed by atoms with E-state index in [0.29, 0.717) is 36.4 Å². The van der Waals surface area contributed by atoms with E-state index in [4.69, 9.17) is 4.74 Å². The molecular formula is C17H16F2N4O. The molecule has 124 valence electrons. The summed E-state index contributed by atoms with van der Waals surface area (Å²) in [5, 5.41) is 0.455. The summed E-state index contributed by atoms with van der Waals surface area (Å²) in [7, 11) is 1.61. The fraction of sp³-hybridized carbons (Fsp3) is 0.235. The van der Waals surface area contributed by atoms with E-state index in [0.717, 1.165) is 17.7 Å². The van der Waals surface area contributed by atoms with Gasteiger partial charge in [-0.3, -0.25) is 4.98 Å². The van der Waals surface area contributed by atoms with Crippen LogP contribution in [0.15, 0.2) is 43.0 Å². The van der Waals surface area contributed by atoms with Gasteiger partial charge in [0.2, 0.25) is 0 Å². The molecule has 5 nitrogen and oxygen atoms in total. The second-order valence-electron chi connectivity index (χ2n) is 5.26. The Bertz CT molecular complexity index is 829. The number of rotatable bonds is 6. The van der Waals surface area contributed by atoms with Gasteiger partial charge in [-0.15, -0.1) is 0 Å². The lowest BCUT2D eigenvalue weighted by molar-refractivity contribution is 0.205. The van der Waals surface area contributed by atoms with Gasteiger partial charge in [0.15, 0.2) is 11.6 Å². The molecule has 3 rings (SSSR count). The van der Waals surface area contributed by atoms with E-state index < -0.39 is 11.6 Å². The maximum absolute atomic E-state index is 13.7. The zero-order valence-corrected chi connectivity index (χ0v) is 13.1. The molecule has 24 heavy (non-hydrogen) atoms. The van der Waals surface area contributed by atoms with Gasteiger partial charge in [-0.1, -0.05) is 6.07 Å². The first-order valence-electron chi connectivity index (χ1n) is 7.41. The standard InChI is InChI=1S/C17H16F2N4O/c1-24-6-5-23(10-12-3-2-4-20-9-12)17-13-7-14(18)15(19)8-16(13)21-11-22-17/h2-4,7-9,11H,5-6,10H2,1H3. The number of benzene rings is 1. The number of nitrogens with zero attached hydrogens (tertiary/aromatic N) is 4. The van der Waals surface area contributed by atoms with E-state index in [1.165, 1.54) is 6.33 Å². The van der Waals surface area contributed by atoms with Crippen LogP contribution in [0.3, 0.4) is 0 Å². The summed E-state index contributed by atoms with van der Waals surface area (Å²) in [6.07, 6.45) is 4.79. The zero-order valence-electron chi connectivity index (χ0n) is 13.1. The maximum Gasteiger partial charge on any atom is 0.161 e. The highest BCUT2D eigenvalue weighted by Crippen LogP contribution is 2.26. The van der Waals surface area contributed by atoms with E-state index >= 15 is 0 Å². The first-order valence-corrected chi connectivity index (χ1v) is 7.41. The molecule has 0 bridgehead atoms. The van der Waals surface area contributed by atoms with Crippen LogP contribution in [-0.4, -0.2) is 35.2 Å². The number of fused-ring (bicyclic) bond motifs is 1. The highest BCUT2D eigenvalue weighted by atomic mass is 19.2. The Balaban J connectivity index is 2.03. The Morgan fingerprint density at radius 2 is 2.00 bits per heavy atom. The predicted octanol–water partition coefficient (Wildman–Crippen LogP) is 2.96. The molecule has 0 aliphatic heterocycles. The van der Waals surface area contributed by atoms with Gasteiger partial charge in [0.1, 0.15) is 12.1 Å². The van der Waals surface area contributed by atoms with Crippen LogP contribution in [0.25, 0.3) is 10.9 Å². The summed E-state index contributed by atoms with van der Waals surface area (Å²) >= 11 is 0. The highest BCUT2D eigenvalue weighted by molar-refractivity contribution is 5.89. The molecule has 0 unspecified atom stereocenters. The van der Waals surface area contributed by atoms with E-state index in [9.17, 15) is 8.78 Å². The van der Waals surface area contributed by atoms with Crippen molar-refractivity contribution in [2.24, 2.45) is 0 Å². The van der Waals surface area contributed by atoms with Crippen LogP contribution in [0.2, 0.25) is 0 Å². The van der Waals surface area contributed by atoms with Crippen molar-refractivity contribution in [2.45, 2.75) is 6.54 Å². The molecule has 0 atom stereocenters. The van der Waals surface area contributed by atoms with Crippen LogP contribution >= 0.6 is 0 Å². The van der Waals surface area contributed by atoms with Crippen molar-refractivity contribution >= 4 is 16.7 Å². The van der Waals surface area contributed by atoms with Crippen LogP contribution in [0.5, 0.6) is 0 Å². The lowest BCUT2D eigenvalue weighted by Crippen LogP contribution is -2.28. The zero-order chi connectivity index (χ0) is 16.9. The minimum absolute atomic E-state index is 0.354. The molecule has 0 spiro atoms. The van der Waals surface area contributed by atoms with Crippen molar-refractivity contribution in [1.29, 1.82) is 0 Å². The Hall–Kier alpha value is -2.67. The van der Waals surface area contributed by atoms with Gasteiger partial charge in [0.25, 0.3) is 0 Å². The third-order valence-electron chi connectivity index (χ3n) is 3.62. The normalized spacial score (nSPS) is 11.0. The first kappa shape index (κ1) is 16.2. The van der Waals surface area contributed by atoms with Gasteiger partial charge in [-0.05, 0) is 17.7 Å². The van der Waals surface area contributed by atoms with Gasteiger partial charge >= 0.3 is 0 Å². The third kappa shape index (κ3) is 3.46. The van der Waals surface area contributed by atoms with Gasteiger partial charge in [0.05, 0.1) is 12.1 Å². The Kier molecular flexibility index (Phi) is 4.90. The van der Waals surface area contributed by atoms with Crippen LogP contribution in [0.4, 0.5) is 14.6 Å². The number of methoxy groups -OCH3 is 1. The molecule has 7 heteroatoms. The predicted molar refractivity (Wildman–Crippen MR) is 86.6 cm³/mol. The van der Waals surface area contributed by atoms with E-state index in [-0.39, 0.29) is 0 Å². The highest BCUT2D eigenvalue weighted by Gasteiger charge is 2.15. The number of ether oxygens (including phenoxy) is 1. The Labute approximate surface area is 137 Å². The molecular weight excluding hydrogens is 314 g/mol. The fourth-order valence-corrected chi connectivity index (χ4v) is 2.46. The molecule has 0 aliphatic rings. The summed E-state index contributed by atoms with van der Waals surface area (Å²) in [6, 6.07) is 5.99. The molecule has 0 fully saturated rings. The molecule has 3 aromatic rings. The smallest absolute Gasteiger partial charge is 0.161 e. The van der Waals surface area contributed by atoms with Crippen molar-refractivity contribution in [3.8, 4) is 0 Å². The summed E-state index contributed by atoms with van der Waals surface area (Å²) in [5.74, 6) is -1.32. The lowest BCUT2D eigenvalue weighted by Gasteiger charge is -2.24. The summed E-state index contributed by atoms with van der Waals surface area (Å²) in [6.45, 7) is 1.52. The monoisotopic (exact) mass is 330 g/mol. The van der Waals surface area contributed by atoms with E-state index in [2.05, 4.69) is 15.0 Å². The number of halogens is 2. The van der Waals surface area contributed by atoms with Gasteiger partial charge in [-0.25, -0.2) is 18.7 Å². The number of hydrogen-bond donors (Lipinski definition) is 0. The summed E-state index contributed by atoms with van der Waals surface area (Å²) in [4.78, 5) is 14.3. The van der Waals surface area contributed by atoms with Crippen molar-refractivity contribution in [3.63, 3.8) is 0 Å². The lowest BCUT2D eigenvalue weighted by atomic mass is 10.2. The number of pyridine rings is 1. The molecule has 0 aliphatic carbocycles. The molecule has 2 aromatic heterocycles. The number of anilines is 1. The second-order valence-corrected chi connectivity index (χ2v) is 5.26. The maximum atomic E-state index is 13.7. The number of aromatic nitrogens is 3. The first-order chi connectivity index (χ1) is 11.7. The average Bonchev–Trinajstić information content (AvgIpc) is 2.60. The van der Waals surface area contributed by atoms with E-state index in [1.807, 2.05) is 17.0 Å². The summed E-state index contributed by atoms with van der Waals surface area (Å²) < 4.78 is 32.3. The van der Waals surface area contributed by atoms with Crippen molar-refractivity contribution in [2.75, 3.05) is 25.2 Å². The quantitative estimate of drug-likeness (QED) is 0.695. The van der Waals surface area contributed by atoms with Crippen molar-refractivity contribution in [1.82, 2.24) is 15.0 Å². The molecule has 2 heterocycles. The third-order valence-corrected chi connectivity index (χ3v) is 3.62. The largest absolute Gasteiger partial charge is 0.383 e. The van der Waals surface area contributed by atoms with Gasteiger partial charge < -0.3 is 9.64 Å². The van der Waals surface area contributed by atoms with Crippen LogP contribution in [-0.2, 0) is 11.3 Å². The molecule has 0 radical (unpaired) electrons. The molecule has 0 amide bonds. The van der Waals surface area contributed by atoms with Crippen LogP contribution in [0.1, 0.15) is 5.56 Å². The van der Waals surface area contributed by atoms with Gasteiger partial charge in [0, 0.05) is 44.0 Å².